The van der Waals surface area contributed by atoms with Crippen molar-refractivity contribution in [2.24, 2.45) is 5.73 Å². The summed E-state index contributed by atoms with van der Waals surface area (Å²) in [6.07, 6.45) is 2.36. The van der Waals surface area contributed by atoms with Gasteiger partial charge in [0.05, 0.1) is 5.52 Å². The van der Waals surface area contributed by atoms with Crippen LogP contribution in [0.15, 0.2) is 60.8 Å². The summed E-state index contributed by atoms with van der Waals surface area (Å²) < 4.78 is 13.8. The minimum atomic E-state index is -0.359. The van der Waals surface area contributed by atoms with Gasteiger partial charge in [0.15, 0.2) is 0 Å². The minimum Gasteiger partial charge on any atom is -0.324 e. The highest BCUT2D eigenvalue weighted by Crippen LogP contribution is 2.23. The maximum Gasteiger partial charge on any atom is 0.127 e. The van der Waals surface area contributed by atoms with Gasteiger partial charge in [0, 0.05) is 23.2 Å². The Morgan fingerprint density at radius 1 is 1.00 bits per heavy atom. The number of para-hydroxylation sites is 1. The van der Waals surface area contributed by atoms with Crippen LogP contribution in [0, 0.1) is 5.82 Å². The lowest BCUT2D eigenvalue weighted by Gasteiger charge is -2.14. The van der Waals surface area contributed by atoms with Crippen LogP contribution in [0.25, 0.3) is 10.9 Å². The van der Waals surface area contributed by atoms with Gasteiger partial charge < -0.3 is 5.73 Å². The maximum absolute atomic E-state index is 13.8. The Balaban J connectivity index is 1.96. The lowest BCUT2D eigenvalue weighted by molar-refractivity contribution is 0.581. The maximum atomic E-state index is 13.8. The predicted octanol–water partition coefficient (Wildman–Crippen LogP) is 3.62. The third-order valence-corrected chi connectivity index (χ3v) is 3.48. The van der Waals surface area contributed by atoms with Crippen molar-refractivity contribution < 1.29 is 4.39 Å². The summed E-state index contributed by atoms with van der Waals surface area (Å²) in [4.78, 5) is 4.32. The normalized spacial score (nSPS) is 12.5. The average molecular weight is 266 g/mol. The van der Waals surface area contributed by atoms with E-state index in [1.165, 1.54) is 6.07 Å². The van der Waals surface area contributed by atoms with E-state index in [9.17, 15) is 4.39 Å². The summed E-state index contributed by atoms with van der Waals surface area (Å²) in [6, 6.07) is 16.2. The minimum absolute atomic E-state index is 0.252. The standard InChI is InChI=1S/C17H15FN2/c18-15-7-3-1-6-14(15)16(19)11-12-9-10-20-17-8-4-2-5-13(12)17/h1-10,16H,11,19H2. The first kappa shape index (κ1) is 12.8. The van der Waals surface area contributed by atoms with Crippen LogP contribution < -0.4 is 5.73 Å². The van der Waals surface area contributed by atoms with Crippen LogP contribution in [0.1, 0.15) is 17.2 Å². The molecule has 0 aliphatic rings. The number of halogens is 1. The van der Waals surface area contributed by atoms with Gasteiger partial charge in [-0.05, 0) is 30.2 Å². The summed E-state index contributed by atoms with van der Waals surface area (Å²) >= 11 is 0. The van der Waals surface area contributed by atoms with E-state index in [-0.39, 0.29) is 11.9 Å². The molecule has 0 fully saturated rings. The molecule has 2 nitrogen and oxygen atoms in total. The fraction of sp³-hybridized carbons (Fsp3) is 0.118. The molecule has 20 heavy (non-hydrogen) atoms. The van der Waals surface area contributed by atoms with Gasteiger partial charge in [0.25, 0.3) is 0 Å². The summed E-state index contributed by atoms with van der Waals surface area (Å²) in [7, 11) is 0. The van der Waals surface area contributed by atoms with Gasteiger partial charge in [-0.3, -0.25) is 4.98 Å². The third-order valence-electron chi connectivity index (χ3n) is 3.48. The number of nitrogens with zero attached hydrogens (tertiary/aromatic N) is 1. The first-order chi connectivity index (χ1) is 9.75. The number of benzene rings is 2. The Bertz CT molecular complexity index is 734. The van der Waals surface area contributed by atoms with Crippen LogP contribution in [-0.4, -0.2) is 4.98 Å². The number of fused-ring (bicyclic) bond motifs is 1. The Hall–Kier alpha value is -2.26. The molecule has 3 rings (SSSR count). The van der Waals surface area contributed by atoms with Crippen molar-refractivity contribution in [1.82, 2.24) is 4.98 Å². The fourth-order valence-electron chi connectivity index (χ4n) is 2.46. The zero-order valence-electron chi connectivity index (χ0n) is 11.0. The van der Waals surface area contributed by atoms with Crippen LogP contribution in [0.2, 0.25) is 0 Å². The van der Waals surface area contributed by atoms with Crippen LogP contribution in [-0.2, 0) is 6.42 Å². The molecule has 1 atom stereocenters. The van der Waals surface area contributed by atoms with Crippen molar-refractivity contribution >= 4 is 10.9 Å². The third kappa shape index (κ3) is 2.40. The molecular formula is C17H15FN2. The van der Waals surface area contributed by atoms with E-state index in [2.05, 4.69) is 4.98 Å². The van der Waals surface area contributed by atoms with Crippen molar-refractivity contribution in [2.75, 3.05) is 0 Å². The molecule has 1 aromatic heterocycles. The number of rotatable bonds is 3. The van der Waals surface area contributed by atoms with E-state index >= 15 is 0 Å². The van der Waals surface area contributed by atoms with E-state index in [4.69, 9.17) is 5.73 Å². The second kappa shape index (κ2) is 5.39. The Kier molecular flexibility index (Phi) is 3.44. The number of pyridine rings is 1. The van der Waals surface area contributed by atoms with Crippen molar-refractivity contribution in [3.63, 3.8) is 0 Å². The second-order valence-corrected chi connectivity index (χ2v) is 4.82. The predicted molar refractivity (Wildman–Crippen MR) is 78.8 cm³/mol. The van der Waals surface area contributed by atoms with Gasteiger partial charge in [0.2, 0.25) is 0 Å². The summed E-state index contributed by atoms with van der Waals surface area (Å²) in [5.74, 6) is -0.252. The van der Waals surface area contributed by atoms with Crippen LogP contribution in [0.4, 0.5) is 4.39 Å². The largest absolute Gasteiger partial charge is 0.324 e. The molecule has 2 aromatic carbocycles. The van der Waals surface area contributed by atoms with E-state index in [0.717, 1.165) is 16.5 Å². The molecule has 0 spiro atoms. The zero-order chi connectivity index (χ0) is 13.9. The van der Waals surface area contributed by atoms with E-state index < -0.39 is 0 Å². The number of hydrogen-bond donors (Lipinski definition) is 1. The molecule has 2 N–H and O–H groups in total. The summed E-state index contributed by atoms with van der Waals surface area (Å²) in [5, 5.41) is 1.07. The first-order valence-corrected chi connectivity index (χ1v) is 6.58. The van der Waals surface area contributed by atoms with Gasteiger partial charge in [-0.1, -0.05) is 36.4 Å². The summed E-state index contributed by atoms with van der Waals surface area (Å²) in [5.41, 5.74) is 8.73. The molecule has 0 aliphatic carbocycles. The highest BCUT2D eigenvalue weighted by molar-refractivity contribution is 5.81. The van der Waals surface area contributed by atoms with E-state index in [1.807, 2.05) is 36.4 Å². The molecule has 0 saturated carbocycles. The summed E-state index contributed by atoms with van der Waals surface area (Å²) in [6.45, 7) is 0. The molecule has 0 bridgehead atoms. The first-order valence-electron chi connectivity index (χ1n) is 6.58. The highest BCUT2D eigenvalue weighted by Gasteiger charge is 2.13. The quantitative estimate of drug-likeness (QED) is 0.786. The monoisotopic (exact) mass is 266 g/mol. The van der Waals surface area contributed by atoms with Crippen molar-refractivity contribution in [3.05, 3.63) is 77.7 Å². The number of hydrogen-bond acceptors (Lipinski definition) is 2. The van der Waals surface area contributed by atoms with Gasteiger partial charge in [-0.2, -0.15) is 0 Å². The number of aromatic nitrogens is 1. The van der Waals surface area contributed by atoms with Crippen molar-refractivity contribution in [1.29, 1.82) is 0 Å². The second-order valence-electron chi connectivity index (χ2n) is 4.82. The molecule has 0 radical (unpaired) electrons. The molecule has 3 aromatic rings. The number of nitrogens with two attached hydrogens (primary N) is 1. The molecule has 0 amide bonds. The van der Waals surface area contributed by atoms with Gasteiger partial charge >= 0.3 is 0 Å². The lowest BCUT2D eigenvalue weighted by atomic mass is 9.97. The van der Waals surface area contributed by atoms with Crippen LogP contribution >= 0.6 is 0 Å². The lowest BCUT2D eigenvalue weighted by Crippen LogP contribution is -2.15. The molecule has 0 saturated heterocycles. The van der Waals surface area contributed by atoms with Crippen molar-refractivity contribution in [2.45, 2.75) is 12.5 Å². The van der Waals surface area contributed by atoms with E-state index in [1.54, 1.807) is 18.3 Å². The molecule has 100 valence electrons. The van der Waals surface area contributed by atoms with Crippen molar-refractivity contribution in [3.8, 4) is 0 Å². The molecule has 0 aliphatic heterocycles. The zero-order valence-corrected chi connectivity index (χ0v) is 11.0. The smallest absolute Gasteiger partial charge is 0.127 e. The Morgan fingerprint density at radius 2 is 1.75 bits per heavy atom. The van der Waals surface area contributed by atoms with E-state index in [0.29, 0.717) is 12.0 Å². The van der Waals surface area contributed by atoms with Crippen LogP contribution in [0.5, 0.6) is 0 Å². The van der Waals surface area contributed by atoms with Gasteiger partial charge in [-0.15, -0.1) is 0 Å². The molecule has 1 unspecified atom stereocenters. The van der Waals surface area contributed by atoms with Gasteiger partial charge in [0.1, 0.15) is 5.82 Å². The molecule has 1 heterocycles. The average Bonchev–Trinajstić information content (AvgIpc) is 2.48. The Morgan fingerprint density at radius 3 is 2.60 bits per heavy atom. The van der Waals surface area contributed by atoms with Crippen LogP contribution in [0.3, 0.4) is 0 Å². The highest BCUT2D eigenvalue weighted by atomic mass is 19.1. The molecular weight excluding hydrogens is 251 g/mol. The SMILES string of the molecule is NC(Cc1ccnc2ccccc12)c1ccccc1F. The Labute approximate surface area is 117 Å². The fourth-order valence-corrected chi connectivity index (χ4v) is 2.46. The van der Waals surface area contributed by atoms with Gasteiger partial charge in [-0.25, -0.2) is 4.39 Å². The molecule has 3 heteroatoms. The topological polar surface area (TPSA) is 38.9 Å².